The average molecular weight is 372 g/mol. The molecule has 28 heavy (non-hydrogen) atoms. The van der Waals surface area contributed by atoms with Crippen molar-refractivity contribution in [2.45, 2.75) is 54.4 Å². The minimum atomic E-state index is 0.991. The van der Waals surface area contributed by atoms with Crippen molar-refractivity contribution in [1.29, 1.82) is 0 Å². The second-order valence-corrected chi connectivity index (χ2v) is 8.51. The molecule has 0 amide bonds. The van der Waals surface area contributed by atoms with Crippen LogP contribution in [0.25, 0.3) is 0 Å². The maximum Gasteiger partial charge on any atom is 0.212 e. The number of rotatable bonds is 2. The first-order valence-corrected chi connectivity index (χ1v) is 10.2. The molecule has 0 fully saturated rings. The standard InChI is InChI=1S/C26H30N2/c1-15-11-21-13-23(27-25(21)19(5)17(15)3)9-8-10-24-14-22-12-16(2)18(4)20(6)26(22)28(24)7/h8-12H,13-14H2,1-7H3/p+1. The summed E-state index contributed by atoms with van der Waals surface area (Å²) in [5, 5.41) is 3.64. The Morgan fingerprint density at radius 1 is 0.821 bits per heavy atom. The van der Waals surface area contributed by atoms with E-state index < -0.39 is 0 Å². The van der Waals surface area contributed by atoms with E-state index in [0.717, 1.165) is 12.8 Å². The quantitative estimate of drug-likeness (QED) is 0.648. The van der Waals surface area contributed by atoms with Crippen LogP contribution in [0.4, 0.5) is 11.4 Å². The van der Waals surface area contributed by atoms with Crippen molar-refractivity contribution in [3.63, 3.8) is 0 Å². The van der Waals surface area contributed by atoms with Gasteiger partial charge in [-0.05, 0) is 87.1 Å². The lowest BCUT2D eigenvalue weighted by Crippen LogP contribution is -2.06. The van der Waals surface area contributed by atoms with Gasteiger partial charge in [0.15, 0.2) is 5.71 Å². The summed E-state index contributed by atoms with van der Waals surface area (Å²) in [6, 6.07) is 4.69. The molecular weight excluding hydrogens is 340 g/mol. The first kappa shape index (κ1) is 18.7. The van der Waals surface area contributed by atoms with Crippen LogP contribution in [0.1, 0.15) is 44.5 Å². The molecule has 0 aliphatic carbocycles. The summed E-state index contributed by atoms with van der Waals surface area (Å²) in [7, 11) is 2.19. The fourth-order valence-corrected chi connectivity index (χ4v) is 4.65. The number of hydrogen-bond donors (Lipinski definition) is 1. The minimum Gasteiger partial charge on any atom is -0.358 e. The second kappa shape index (κ2) is 6.77. The highest BCUT2D eigenvalue weighted by Gasteiger charge is 2.28. The van der Waals surface area contributed by atoms with E-state index in [1.54, 1.807) is 0 Å². The van der Waals surface area contributed by atoms with Crippen LogP contribution in [-0.2, 0) is 12.8 Å². The molecule has 0 unspecified atom stereocenters. The Morgan fingerprint density at radius 2 is 1.46 bits per heavy atom. The van der Waals surface area contributed by atoms with Crippen molar-refractivity contribution in [2.75, 3.05) is 12.4 Å². The molecule has 2 heteroatoms. The largest absolute Gasteiger partial charge is 0.358 e. The van der Waals surface area contributed by atoms with Gasteiger partial charge in [-0.3, -0.25) is 0 Å². The zero-order chi connectivity index (χ0) is 20.2. The number of nitrogens with zero attached hydrogens (tertiary/aromatic N) is 1. The molecule has 0 saturated carbocycles. The first-order valence-electron chi connectivity index (χ1n) is 10.2. The van der Waals surface area contributed by atoms with E-state index in [-0.39, 0.29) is 0 Å². The molecule has 0 bridgehead atoms. The molecule has 2 aliphatic heterocycles. The molecule has 2 heterocycles. The lowest BCUT2D eigenvalue weighted by Gasteiger charge is -2.10. The summed E-state index contributed by atoms with van der Waals surface area (Å²) in [5.41, 5.74) is 16.6. The summed E-state index contributed by atoms with van der Waals surface area (Å²) in [4.78, 5) is 0. The Balaban J connectivity index is 1.57. The third-order valence-corrected chi connectivity index (χ3v) is 6.84. The Kier molecular flexibility index (Phi) is 4.53. The van der Waals surface area contributed by atoms with Crippen molar-refractivity contribution >= 4 is 17.1 Å². The van der Waals surface area contributed by atoms with E-state index >= 15 is 0 Å². The Hall–Kier alpha value is -2.61. The van der Waals surface area contributed by atoms with Gasteiger partial charge < -0.3 is 5.32 Å². The number of nitrogens with one attached hydrogen (secondary N) is 1. The van der Waals surface area contributed by atoms with E-state index in [9.17, 15) is 0 Å². The molecule has 2 nitrogen and oxygen atoms in total. The van der Waals surface area contributed by atoms with Gasteiger partial charge in [0.25, 0.3) is 0 Å². The van der Waals surface area contributed by atoms with Crippen LogP contribution in [0.2, 0.25) is 0 Å². The van der Waals surface area contributed by atoms with Gasteiger partial charge in [0.05, 0.1) is 6.42 Å². The number of fused-ring (bicyclic) bond motifs is 2. The monoisotopic (exact) mass is 371 g/mol. The second-order valence-electron chi connectivity index (χ2n) is 8.51. The van der Waals surface area contributed by atoms with Gasteiger partial charge >= 0.3 is 0 Å². The molecular formula is C26H31N2+. The normalized spacial score (nSPS) is 16.9. The highest BCUT2D eigenvalue weighted by molar-refractivity contribution is 5.96. The smallest absolute Gasteiger partial charge is 0.212 e. The molecule has 4 rings (SSSR count). The maximum atomic E-state index is 3.64. The SMILES string of the molecule is Cc1cc2c(c(C)c1C)NC(=CC=CC1=[N+](C)c3c(cc(C)c(C)c3C)C1)C2. The zero-order valence-electron chi connectivity index (χ0n) is 18.2. The van der Waals surface area contributed by atoms with Crippen molar-refractivity contribution in [3.05, 3.63) is 80.6 Å². The molecule has 0 radical (unpaired) electrons. The number of benzene rings is 2. The van der Waals surface area contributed by atoms with Crippen LogP contribution >= 0.6 is 0 Å². The molecule has 2 aliphatic rings. The third kappa shape index (κ3) is 2.92. The van der Waals surface area contributed by atoms with Crippen molar-refractivity contribution in [3.8, 4) is 0 Å². The van der Waals surface area contributed by atoms with E-state index in [1.807, 2.05) is 0 Å². The summed E-state index contributed by atoms with van der Waals surface area (Å²) in [5.74, 6) is 0. The maximum absolute atomic E-state index is 3.64. The minimum absolute atomic E-state index is 0.991. The van der Waals surface area contributed by atoms with Crippen LogP contribution in [0, 0.1) is 41.5 Å². The Morgan fingerprint density at radius 3 is 2.18 bits per heavy atom. The Bertz CT molecular complexity index is 1090. The van der Waals surface area contributed by atoms with Crippen LogP contribution in [0.15, 0.2) is 36.1 Å². The van der Waals surface area contributed by atoms with E-state index in [2.05, 4.69) is 88.8 Å². The molecule has 0 atom stereocenters. The molecule has 1 N–H and O–H groups in total. The number of hydrogen-bond acceptors (Lipinski definition) is 1. The molecule has 0 saturated heterocycles. The predicted molar refractivity (Wildman–Crippen MR) is 120 cm³/mol. The zero-order valence-corrected chi connectivity index (χ0v) is 18.2. The van der Waals surface area contributed by atoms with E-state index in [0.29, 0.717) is 0 Å². The van der Waals surface area contributed by atoms with Gasteiger partial charge in [0.2, 0.25) is 5.69 Å². The third-order valence-electron chi connectivity index (χ3n) is 6.84. The van der Waals surface area contributed by atoms with Gasteiger partial charge in [-0.2, -0.15) is 4.58 Å². The van der Waals surface area contributed by atoms with E-state index in [4.69, 9.17) is 0 Å². The van der Waals surface area contributed by atoms with Gasteiger partial charge in [-0.1, -0.05) is 12.1 Å². The first-order chi connectivity index (χ1) is 13.3. The summed E-state index contributed by atoms with van der Waals surface area (Å²) >= 11 is 0. The van der Waals surface area contributed by atoms with Crippen LogP contribution in [-0.4, -0.2) is 17.3 Å². The summed E-state index contributed by atoms with van der Waals surface area (Å²) in [6.07, 6.45) is 8.71. The topological polar surface area (TPSA) is 15.0 Å². The van der Waals surface area contributed by atoms with Crippen LogP contribution in [0.3, 0.4) is 0 Å². The molecule has 144 valence electrons. The lowest BCUT2D eigenvalue weighted by molar-refractivity contribution is -0.401. The molecule has 0 spiro atoms. The fraction of sp³-hybridized carbons (Fsp3) is 0.346. The van der Waals surface area contributed by atoms with Crippen LogP contribution in [0.5, 0.6) is 0 Å². The Labute approximate surface area is 169 Å². The predicted octanol–water partition coefficient (Wildman–Crippen LogP) is 5.92. The lowest BCUT2D eigenvalue weighted by atomic mass is 9.97. The molecule has 0 aromatic heterocycles. The highest BCUT2D eigenvalue weighted by Crippen LogP contribution is 2.35. The van der Waals surface area contributed by atoms with Crippen molar-refractivity contribution in [2.24, 2.45) is 0 Å². The van der Waals surface area contributed by atoms with Crippen molar-refractivity contribution in [1.82, 2.24) is 0 Å². The number of allylic oxidation sites excluding steroid dienone is 4. The van der Waals surface area contributed by atoms with Crippen molar-refractivity contribution < 1.29 is 4.58 Å². The number of aryl methyl sites for hydroxylation is 2. The van der Waals surface area contributed by atoms with E-state index in [1.165, 1.54) is 67.3 Å². The highest BCUT2D eigenvalue weighted by atomic mass is 15.0. The summed E-state index contributed by atoms with van der Waals surface area (Å²) < 4.78 is 2.36. The summed E-state index contributed by atoms with van der Waals surface area (Å²) in [6.45, 7) is 13.3. The molecule has 2 aromatic rings. The van der Waals surface area contributed by atoms with Crippen LogP contribution < -0.4 is 5.32 Å². The molecule has 2 aromatic carbocycles. The average Bonchev–Trinajstić information content (AvgIpc) is 3.19. The number of anilines is 1. The van der Waals surface area contributed by atoms with Gasteiger partial charge in [0, 0.05) is 35.0 Å². The van der Waals surface area contributed by atoms with Gasteiger partial charge in [0.1, 0.15) is 7.05 Å². The van der Waals surface area contributed by atoms with Gasteiger partial charge in [-0.25, -0.2) is 0 Å². The fourth-order valence-electron chi connectivity index (χ4n) is 4.65. The van der Waals surface area contributed by atoms with Gasteiger partial charge in [-0.15, -0.1) is 0 Å².